The van der Waals surface area contributed by atoms with Crippen LogP contribution in [0.4, 0.5) is 13.2 Å². The molecule has 0 aliphatic heterocycles. The molecule has 0 aliphatic carbocycles. The first kappa shape index (κ1) is 14.7. The van der Waals surface area contributed by atoms with Gasteiger partial charge in [-0.3, -0.25) is 0 Å². The third kappa shape index (κ3) is 7.62. The van der Waals surface area contributed by atoms with Crippen LogP contribution in [0.15, 0.2) is 0 Å². The van der Waals surface area contributed by atoms with Crippen LogP contribution in [0, 0.1) is 5.92 Å². The van der Waals surface area contributed by atoms with Crippen LogP contribution in [0.25, 0.3) is 0 Å². The molecule has 0 aromatic heterocycles. The van der Waals surface area contributed by atoms with Gasteiger partial charge in [-0.1, -0.05) is 13.8 Å². The predicted molar refractivity (Wildman–Crippen MR) is 53.8 cm³/mol. The Morgan fingerprint density at radius 2 is 1.87 bits per heavy atom. The number of hydrogen-bond acceptors (Lipinski definition) is 2. The normalized spacial score (nSPS) is 16.4. The molecule has 0 amide bonds. The van der Waals surface area contributed by atoms with Gasteiger partial charge in [-0.05, 0) is 32.4 Å². The quantitative estimate of drug-likeness (QED) is 0.675. The molecule has 0 spiro atoms. The van der Waals surface area contributed by atoms with Gasteiger partial charge in [-0.2, -0.15) is 13.2 Å². The fourth-order valence-corrected chi connectivity index (χ4v) is 0.987. The maximum Gasteiger partial charge on any atom is 0.414 e. The van der Waals surface area contributed by atoms with Crippen LogP contribution in [-0.4, -0.2) is 32.0 Å². The maximum absolute atomic E-state index is 12.1. The molecule has 0 bridgehead atoms. The first-order chi connectivity index (χ1) is 6.88. The minimum absolute atomic E-state index is 0.0985. The highest BCUT2D eigenvalue weighted by Gasteiger charge is 2.36. The van der Waals surface area contributed by atoms with E-state index in [1.807, 2.05) is 13.8 Å². The maximum atomic E-state index is 12.1. The van der Waals surface area contributed by atoms with Gasteiger partial charge in [-0.15, -0.1) is 0 Å². The van der Waals surface area contributed by atoms with Crippen molar-refractivity contribution in [3.63, 3.8) is 0 Å². The Balaban J connectivity index is 3.57. The average molecular weight is 227 g/mol. The van der Waals surface area contributed by atoms with Crippen LogP contribution in [0.1, 0.15) is 27.2 Å². The minimum atomic E-state index is -4.25. The monoisotopic (exact) mass is 227 g/mol. The zero-order valence-corrected chi connectivity index (χ0v) is 9.53. The lowest BCUT2D eigenvalue weighted by atomic mass is 10.2. The van der Waals surface area contributed by atoms with E-state index in [0.717, 1.165) is 19.9 Å². The molecule has 0 aromatic carbocycles. The molecule has 1 N–H and O–H groups in total. The highest BCUT2D eigenvalue weighted by molar-refractivity contribution is 4.63. The van der Waals surface area contributed by atoms with Gasteiger partial charge in [0.2, 0.25) is 0 Å². The molecule has 0 saturated carbocycles. The Kier molecular flexibility index (Phi) is 6.92. The lowest BCUT2D eigenvalue weighted by molar-refractivity contribution is -0.216. The Morgan fingerprint density at radius 3 is 2.33 bits per heavy atom. The first-order valence-corrected chi connectivity index (χ1v) is 5.27. The number of ether oxygens (including phenoxy) is 1. The topological polar surface area (TPSA) is 21.3 Å². The van der Waals surface area contributed by atoms with Crippen LogP contribution in [-0.2, 0) is 4.74 Å². The molecular weight excluding hydrogens is 207 g/mol. The number of nitrogens with one attached hydrogen (secondary N) is 1. The molecule has 0 aliphatic rings. The van der Waals surface area contributed by atoms with E-state index in [1.54, 1.807) is 0 Å². The summed E-state index contributed by atoms with van der Waals surface area (Å²) in [5.41, 5.74) is 0. The van der Waals surface area contributed by atoms with Crippen molar-refractivity contribution < 1.29 is 17.9 Å². The second-order valence-electron chi connectivity index (χ2n) is 3.83. The van der Waals surface area contributed by atoms with Crippen LogP contribution in [0.2, 0.25) is 0 Å². The molecule has 2 atom stereocenters. The van der Waals surface area contributed by atoms with Crippen molar-refractivity contribution >= 4 is 0 Å². The van der Waals surface area contributed by atoms with Crippen molar-refractivity contribution in [1.82, 2.24) is 5.32 Å². The summed E-state index contributed by atoms with van der Waals surface area (Å²) in [7, 11) is 0. The van der Waals surface area contributed by atoms with Crippen molar-refractivity contribution in [1.29, 1.82) is 0 Å². The summed E-state index contributed by atoms with van der Waals surface area (Å²) in [5, 5.41) is 3.14. The molecular formula is C10H20F3NO. The Hall–Kier alpha value is -0.290. The second kappa shape index (κ2) is 7.06. The summed E-state index contributed by atoms with van der Waals surface area (Å²) in [6.07, 6.45) is -4.91. The van der Waals surface area contributed by atoms with Crippen LogP contribution < -0.4 is 5.32 Å². The van der Waals surface area contributed by atoms with Gasteiger partial charge in [0, 0.05) is 0 Å². The summed E-state index contributed by atoms with van der Waals surface area (Å²) in [4.78, 5) is 0. The first-order valence-electron chi connectivity index (χ1n) is 5.27. The van der Waals surface area contributed by atoms with Gasteiger partial charge in [0.1, 0.15) is 0 Å². The smallest absolute Gasteiger partial charge is 0.369 e. The minimum Gasteiger partial charge on any atom is -0.369 e. The molecule has 92 valence electrons. The summed E-state index contributed by atoms with van der Waals surface area (Å²) >= 11 is 0. The zero-order valence-electron chi connectivity index (χ0n) is 9.53. The van der Waals surface area contributed by atoms with E-state index in [2.05, 4.69) is 5.32 Å². The van der Waals surface area contributed by atoms with Gasteiger partial charge in [0.15, 0.2) is 6.10 Å². The van der Waals surface area contributed by atoms with Crippen LogP contribution >= 0.6 is 0 Å². The highest BCUT2D eigenvalue weighted by atomic mass is 19.4. The molecule has 15 heavy (non-hydrogen) atoms. The number of rotatable bonds is 7. The SMILES string of the molecule is CCCNCC(C)COC(C)C(F)(F)F. The standard InChI is InChI=1S/C10H20F3NO/c1-4-5-14-6-8(2)7-15-9(3)10(11,12)13/h8-9,14H,4-7H2,1-3H3. The Labute approximate surface area is 89.2 Å². The van der Waals surface area contributed by atoms with E-state index in [9.17, 15) is 13.2 Å². The molecule has 0 fully saturated rings. The van der Waals surface area contributed by atoms with Gasteiger partial charge >= 0.3 is 6.18 Å². The lowest BCUT2D eigenvalue weighted by Gasteiger charge is -2.19. The van der Waals surface area contributed by atoms with E-state index in [4.69, 9.17) is 4.74 Å². The van der Waals surface area contributed by atoms with Gasteiger partial charge in [-0.25, -0.2) is 0 Å². The van der Waals surface area contributed by atoms with Crippen molar-refractivity contribution in [2.24, 2.45) is 5.92 Å². The van der Waals surface area contributed by atoms with Crippen molar-refractivity contribution in [2.75, 3.05) is 19.7 Å². The summed E-state index contributed by atoms with van der Waals surface area (Å²) in [6, 6.07) is 0. The largest absolute Gasteiger partial charge is 0.414 e. The van der Waals surface area contributed by atoms with Gasteiger partial charge in [0.25, 0.3) is 0 Å². The average Bonchev–Trinajstić information content (AvgIpc) is 2.13. The van der Waals surface area contributed by atoms with Crippen molar-refractivity contribution in [2.45, 2.75) is 39.5 Å². The summed E-state index contributed by atoms with van der Waals surface area (Å²) in [5.74, 6) is 0.0985. The summed E-state index contributed by atoms with van der Waals surface area (Å²) in [6.45, 7) is 6.66. The van der Waals surface area contributed by atoms with Crippen molar-refractivity contribution in [3.8, 4) is 0 Å². The molecule has 0 aromatic rings. The molecule has 2 unspecified atom stereocenters. The van der Waals surface area contributed by atoms with E-state index < -0.39 is 12.3 Å². The van der Waals surface area contributed by atoms with E-state index in [-0.39, 0.29) is 12.5 Å². The van der Waals surface area contributed by atoms with Gasteiger partial charge in [0.05, 0.1) is 6.61 Å². The molecule has 2 nitrogen and oxygen atoms in total. The molecule has 0 saturated heterocycles. The van der Waals surface area contributed by atoms with Crippen LogP contribution in [0.5, 0.6) is 0 Å². The number of alkyl halides is 3. The number of halogens is 3. The van der Waals surface area contributed by atoms with E-state index in [0.29, 0.717) is 6.54 Å². The molecule has 0 rings (SSSR count). The van der Waals surface area contributed by atoms with Crippen molar-refractivity contribution in [3.05, 3.63) is 0 Å². The predicted octanol–water partition coefficient (Wildman–Crippen LogP) is 2.59. The summed E-state index contributed by atoms with van der Waals surface area (Å²) < 4.78 is 40.9. The Morgan fingerprint density at radius 1 is 1.27 bits per heavy atom. The number of hydrogen-bond donors (Lipinski definition) is 1. The van der Waals surface area contributed by atoms with E-state index >= 15 is 0 Å². The Bertz CT molecular complexity index is 161. The fourth-order valence-electron chi connectivity index (χ4n) is 0.987. The van der Waals surface area contributed by atoms with Gasteiger partial charge < -0.3 is 10.1 Å². The highest BCUT2D eigenvalue weighted by Crippen LogP contribution is 2.22. The van der Waals surface area contributed by atoms with Crippen LogP contribution in [0.3, 0.4) is 0 Å². The third-order valence-corrected chi connectivity index (χ3v) is 2.01. The molecule has 5 heteroatoms. The van der Waals surface area contributed by atoms with E-state index in [1.165, 1.54) is 0 Å². The third-order valence-electron chi connectivity index (χ3n) is 2.01. The fraction of sp³-hybridized carbons (Fsp3) is 1.00. The molecule has 0 radical (unpaired) electrons. The zero-order chi connectivity index (χ0) is 11.9. The lowest BCUT2D eigenvalue weighted by Crippen LogP contribution is -2.32. The molecule has 0 heterocycles. The second-order valence-corrected chi connectivity index (χ2v) is 3.83.